The van der Waals surface area contributed by atoms with Gasteiger partial charge in [0.1, 0.15) is 39.6 Å². The molecule has 75 heavy (non-hydrogen) atoms. The fraction of sp³-hybridized carbons (Fsp3) is 0.644. The summed E-state index contributed by atoms with van der Waals surface area (Å²) in [6, 6.07) is 8.53. The molecule has 7 rings (SSSR count). The average Bonchev–Trinajstić information content (AvgIpc) is 3.27. The maximum atomic E-state index is 14.2. The number of allylic oxidation sites excluding steroid dienone is 1. The van der Waals surface area contributed by atoms with Crippen LogP contribution in [-0.2, 0) is 27.9 Å². The molecule has 0 spiro atoms. The number of methoxy groups -OCH3 is 1. The van der Waals surface area contributed by atoms with Gasteiger partial charge in [-0.15, -0.1) is 0 Å². The van der Waals surface area contributed by atoms with Gasteiger partial charge in [-0.2, -0.15) is 0 Å². The molecule has 3 aromatic heterocycles. The first-order chi connectivity index (χ1) is 34.2. The molecule has 2 fully saturated rings. The molecule has 0 amide bonds. The molecule has 8 atom stereocenters. The largest absolute Gasteiger partial charge is 0.488 e. The molecule has 13 nitrogen and oxygen atoms in total. The highest BCUT2D eigenvalue weighted by molar-refractivity contribution is 6.74. The summed E-state index contributed by atoms with van der Waals surface area (Å²) in [5.41, 5.74) is -2.04. The van der Waals surface area contributed by atoms with Gasteiger partial charge in [0, 0.05) is 36.4 Å². The van der Waals surface area contributed by atoms with E-state index >= 15 is 0 Å². The Balaban J connectivity index is 0.000000240. The number of rotatable bonds is 9. The zero-order valence-electron chi connectivity index (χ0n) is 49.0. The predicted molar refractivity (Wildman–Crippen MR) is 300 cm³/mol. The van der Waals surface area contributed by atoms with Crippen molar-refractivity contribution in [3.63, 3.8) is 0 Å². The minimum Gasteiger partial charge on any atom is -0.488 e. The third-order valence-corrected chi connectivity index (χ3v) is 27.3. The number of carbonyl (C=O) groups excluding carboxylic acids is 4. The molecule has 3 aromatic rings. The number of pyridine rings is 2. The van der Waals surface area contributed by atoms with Crippen molar-refractivity contribution >= 4 is 51.0 Å². The van der Waals surface area contributed by atoms with Crippen molar-refractivity contribution < 1.29 is 46.7 Å². The maximum absolute atomic E-state index is 14.2. The van der Waals surface area contributed by atoms with Crippen LogP contribution in [0.5, 0.6) is 5.75 Å². The molecule has 2 saturated carbocycles. The topological polar surface area (TPSA) is 170 Å². The third kappa shape index (κ3) is 11.9. The number of fused-ring (bicyclic) bond motifs is 3. The Kier molecular flexibility index (Phi) is 17.9. The summed E-state index contributed by atoms with van der Waals surface area (Å²) in [7, 11) is -3.01. The molecule has 0 unspecified atom stereocenters. The quantitative estimate of drug-likeness (QED) is 0.0859. The van der Waals surface area contributed by atoms with Gasteiger partial charge in [0.25, 0.3) is 5.24 Å². The molecule has 0 N–H and O–H groups in total. The normalized spacial score (nSPS) is 27.3. The van der Waals surface area contributed by atoms with Crippen molar-refractivity contribution in [1.82, 2.24) is 9.97 Å². The molecule has 0 aromatic carbocycles. The molecule has 2 aliphatic heterocycles. The number of nitrogens with zero attached hydrogens (tertiary/aromatic N) is 2. The van der Waals surface area contributed by atoms with Crippen LogP contribution in [-0.4, -0.2) is 79.9 Å². The number of ether oxygens (including phenoxy) is 3. The highest BCUT2D eigenvalue weighted by Crippen LogP contribution is 2.60. The number of hydrogen-bond donors (Lipinski definition) is 0. The SMILES string of the molecule is CC(C)[C@@H]1C[C@H](O[Si](C)(C)C(C)(C)C)[C@@]2(C)Oc3cc(-c4cccnc4)oc(=O)c3C(=O)[C@@H]2C1(C)C.COC(=O)C1=C(C)O[C@]2(C)[C@@H](O[Si](C)(C)C(C)(C)C)C[C@@H](C(C)C)C(C)(C)[C@H]2C1=O.O=C(Cl)c1cccnc1. The third-order valence-electron chi connectivity index (χ3n) is 18.1. The fourth-order valence-corrected chi connectivity index (χ4v) is 15.2. The Labute approximate surface area is 454 Å². The molecule has 0 saturated heterocycles. The van der Waals surface area contributed by atoms with Gasteiger partial charge >= 0.3 is 11.6 Å². The summed E-state index contributed by atoms with van der Waals surface area (Å²) in [6.07, 6.45) is 7.42. The lowest BCUT2D eigenvalue weighted by Crippen LogP contribution is -2.69. The van der Waals surface area contributed by atoms with Gasteiger partial charge in [-0.1, -0.05) is 96.9 Å². The van der Waals surface area contributed by atoms with Crippen LogP contribution in [0.25, 0.3) is 11.3 Å². The van der Waals surface area contributed by atoms with Gasteiger partial charge < -0.3 is 27.5 Å². The van der Waals surface area contributed by atoms with Gasteiger partial charge in [0.15, 0.2) is 28.2 Å². The van der Waals surface area contributed by atoms with Gasteiger partial charge in [0.05, 0.1) is 36.7 Å². The summed E-state index contributed by atoms with van der Waals surface area (Å²) in [5.74, 6) is 0.115. The summed E-state index contributed by atoms with van der Waals surface area (Å²) in [5, 5.41) is -0.424. The summed E-state index contributed by atoms with van der Waals surface area (Å²) in [6.45, 7) is 45.4. The molecule has 0 bridgehead atoms. The Bertz CT molecular complexity index is 2690. The standard InChI is InChI=1S/C29H41NO5Si.C24H42O5Si.C6H4ClNO/c1-17(2)19-14-22(35-36(9,10)27(3,4)5)29(8)25(28(19,6)7)24(31)23-21(34-29)15-20(33-26(23)32)18-12-11-13-30-16-18;1-14(2)16-13-17(29-30(11,12)22(4,5)6)24(9)20(23(16,7)8)19(25)18(15(3)28-24)21(26)27-10;7-6(9)5-2-1-3-8-4-5/h11-13,15-17,19,22,25H,14H2,1-10H3;14,16-17,20H,13H2,1-12H3;1-4H/t19-,22-,25+,29+;16-,17-,20+,24+;/m00./s1. The van der Waals surface area contributed by atoms with Gasteiger partial charge in [-0.3, -0.25) is 24.4 Å². The van der Waals surface area contributed by atoms with Crippen molar-refractivity contribution in [1.29, 1.82) is 0 Å². The number of aromatic nitrogens is 2. The molecule has 0 radical (unpaired) electrons. The van der Waals surface area contributed by atoms with Crippen molar-refractivity contribution in [3.8, 4) is 17.1 Å². The van der Waals surface area contributed by atoms with Gasteiger partial charge in [-0.25, -0.2) is 9.59 Å². The van der Waals surface area contributed by atoms with E-state index in [1.165, 1.54) is 13.3 Å². The molecule has 16 heteroatoms. The van der Waals surface area contributed by atoms with Crippen LogP contribution in [0.15, 0.2) is 75.7 Å². The Morgan fingerprint density at radius 1 is 0.720 bits per heavy atom. The van der Waals surface area contributed by atoms with Crippen molar-refractivity contribution in [2.75, 3.05) is 7.11 Å². The number of halogens is 1. The smallest absolute Gasteiger partial charge is 0.351 e. The van der Waals surface area contributed by atoms with E-state index in [0.717, 1.165) is 12.8 Å². The lowest BCUT2D eigenvalue weighted by atomic mass is 9.51. The van der Waals surface area contributed by atoms with E-state index in [1.54, 1.807) is 49.8 Å². The molecular weight excluding hydrogens is 1000 g/mol. The van der Waals surface area contributed by atoms with E-state index < -0.39 is 61.9 Å². The van der Waals surface area contributed by atoms with E-state index in [0.29, 0.717) is 34.5 Å². The lowest BCUT2D eigenvalue weighted by molar-refractivity contribution is -0.203. The number of esters is 1. The molecule has 414 valence electrons. The average molecular weight is 1090 g/mol. The fourth-order valence-electron chi connectivity index (χ4n) is 12.2. The minimum absolute atomic E-state index is 0.00425. The first kappa shape index (κ1) is 61.6. The zero-order chi connectivity index (χ0) is 57.0. The molecule has 4 aliphatic rings. The van der Waals surface area contributed by atoms with Crippen molar-refractivity contribution in [3.05, 3.63) is 88.0 Å². The monoisotopic (exact) mass is 1090 g/mol. The van der Waals surface area contributed by atoms with Gasteiger partial charge in [-0.05, 0) is 140 Å². The van der Waals surface area contributed by atoms with Crippen LogP contribution in [0, 0.1) is 46.3 Å². The summed E-state index contributed by atoms with van der Waals surface area (Å²) >= 11 is 5.12. The van der Waals surface area contributed by atoms with Gasteiger partial charge in [0.2, 0.25) is 0 Å². The van der Waals surface area contributed by atoms with E-state index in [2.05, 4.69) is 133 Å². The van der Waals surface area contributed by atoms with E-state index in [4.69, 9.17) is 39.1 Å². The zero-order valence-corrected chi connectivity index (χ0v) is 51.7. The van der Waals surface area contributed by atoms with Crippen LogP contribution in [0.4, 0.5) is 0 Å². The number of ketones is 2. The Hall–Kier alpha value is -4.29. The molecule has 2 aliphatic carbocycles. The summed E-state index contributed by atoms with van der Waals surface area (Å²) in [4.78, 5) is 71.8. The van der Waals surface area contributed by atoms with Crippen molar-refractivity contribution in [2.24, 2.45) is 46.3 Å². The number of Topliss-reactive ketones (excluding diaryl/α,β-unsaturated/α-hetero) is 2. The number of hydrogen-bond acceptors (Lipinski definition) is 13. The highest BCUT2D eigenvalue weighted by atomic mass is 35.5. The van der Waals surface area contributed by atoms with Crippen molar-refractivity contribution in [2.45, 2.75) is 190 Å². The van der Waals surface area contributed by atoms with Crippen LogP contribution in [0.1, 0.15) is 151 Å². The van der Waals surface area contributed by atoms with Crippen LogP contribution in [0.3, 0.4) is 0 Å². The minimum atomic E-state index is -2.19. The maximum Gasteiger partial charge on any atom is 0.351 e. The second kappa shape index (κ2) is 21.9. The number of carbonyl (C=O) groups is 4. The first-order valence-electron chi connectivity index (χ1n) is 26.5. The lowest BCUT2D eigenvalue weighted by Gasteiger charge is -2.60. The van der Waals surface area contributed by atoms with E-state index in [-0.39, 0.29) is 68.0 Å². The predicted octanol–water partition coefficient (Wildman–Crippen LogP) is 13.7. The van der Waals surface area contributed by atoms with Crippen LogP contribution >= 0.6 is 11.6 Å². The highest BCUT2D eigenvalue weighted by Gasteiger charge is 2.67. The summed E-state index contributed by atoms with van der Waals surface area (Å²) < 4.78 is 37.8. The van der Waals surface area contributed by atoms with E-state index in [1.807, 2.05) is 19.9 Å². The Morgan fingerprint density at radius 2 is 1.17 bits per heavy atom. The molecular formula is C59H87ClN2O11Si2. The van der Waals surface area contributed by atoms with Crippen LogP contribution < -0.4 is 10.4 Å². The Morgan fingerprint density at radius 3 is 1.56 bits per heavy atom. The first-order valence-corrected chi connectivity index (χ1v) is 32.7. The second-order valence-corrected chi connectivity index (χ2v) is 36.4. The second-order valence-electron chi connectivity index (χ2n) is 26.5. The van der Waals surface area contributed by atoms with E-state index in [9.17, 15) is 24.0 Å². The van der Waals surface area contributed by atoms with Crippen LogP contribution in [0.2, 0.25) is 36.3 Å². The molecule has 5 heterocycles.